The third-order valence-electron chi connectivity index (χ3n) is 4.32. The smallest absolute Gasteiger partial charge is 0.0414 e. The molecule has 4 atom stereocenters. The van der Waals surface area contributed by atoms with Crippen LogP contribution in [0.5, 0.6) is 0 Å². The third kappa shape index (κ3) is 3.14. The number of rotatable bonds is 4. The first-order valence-corrected chi connectivity index (χ1v) is 7.99. The molecule has 1 aliphatic heterocycles. The Balaban J connectivity index is 1.99. The van der Waals surface area contributed by atoms with E-state index in [9.17, 15) is 0 Å². The minimum absolute atomic E-state index is 0.535. The summed E-state index contributed by atoms with van der Waals surface area (Å²) < 4.78 is 0. The van der Waals surface area contributed by atoms with Crippen molar-refractivity contribution in [3.8, 4) is 0 Å². The zero-order valence-electron chi connectivity index (χ0n) is 12.0. The van der Waals surface area contributed by atoms with Gasteiger partial charge in [-0.2, -0.15) is 0 Å². The van der Waals surface area contributed by atoms with E-state index in [1.807, 2.05) is 11.3 Å². The fraction of sp³-hybridized carbons (Fsp3) is 0.733. The van der Waals surface area contributed by atoms with E-state index >= 15 is 0 Å². The summed E-state index contributed by atoms with van der Waals surface area (Å²) in [7, 11) is 2.24. The fourth-order valence-electron chi connectivity index (χ4n) is 2.92. The summed E-state index contributed by atoms with van der Waals surface area (Å²) in [6.45, 7) is 8.20. The van der Waals surface area contributed by atoms with E-state index in [0.29, 0.717) is 18.1 Å². The Bertz CT molecular complexity index is 349. The lowest BCUT2D eigenvalue weighted by Gasteiger charge is -2.41. The summed E-state index contributed by atoms with van der Waals surface area (Å²) in [5.74, 6) is 0.736. The maximum atomic E-state index is 3.89. The van der Waals surface area contributed by atoms with Gasteiger partial charge in [0.05, 0.1) is 0 Å². The molecule has 1 saturated heterocycles. The predicted octanol–water partition coefficient (Wildman–Crippen LogP) is 3.52. The average molecular weight is 266 g/mol. The number of piperidine rings is 1. The monoisotopic (exact) mass is 266 g/mol. The molecule has 2 heterocycles. The van der Waals surface area contributed by atoms with Crippen LogP contribution in [0.25, 0.3) is 0 Å². The largest absolute Gasteiger partial charge is 0.306 e. The molecule has 0 spiro atoms. The Kier molecular flexibility index (Phi) is 4.82. The lowest BCUT2D eigenvalue weighted by Crippen LogP contribution is -2.51. The lowest BCUT2D eigenvalue weighted by molar-refractivity contribution is 0.115. The van der Waals surface area contributed by atoms with Crippen LogP contribution in [0, 0.1) is 5.92 Å². The summed E-state index contributed by atoms with van der Waals surface area (Å²) in [4.78, 5) is 3.96. The summed E-state index contributed by atoms with van der Waals surface area (Å²) >= 11 is 1.87. The molecule has 3 heteroatoms. The van der Waals surface area contributed by atoms with E-state index < -0.39 is 0 Å². The van der Waals surface area contributed by atoms with Crippen molar-refractivity contribution in [2.45, 2.75) is 51.7 Å². The zero-order chi connectivity index (χ0) is 13.1. The second-order valence-corrected chi connectivity index (χ2v) is 6.73. The Morgan fingerprint density at radius 2 is 2.28 bits per heavy atom. The first kappa shape index (κ1) is 14.0. The number of thiophene rings is 1. The van der Waals surface area contributed by atoms with Crippen LogP contribution < -0.4 is 5.32 Å². The van der Waals surface area contributed by atoms with Gasteiger partial charge in [-0.25, -0.2) is 0 Å². The SMILES string of the molecule is CCC(NC1CC(C)N(C)CC1C)c1cccs1. The molecular weight excluding hydrogens is 240 g/mol. The van der Waals surface area contributed by atoms with Crippen molar-refractivity contribution in [3.05, 3.63) is 22.4 Å². The van der Waals surface area contributed by atoms with Gasteiger partial charge >= 0.3 is 0 Å². The number of hydrogen-bond acceptors (Lipinski definition) is 3. The molecule has 4 unspecified atom stereocenters. The molecule has 1 aliphatic rings. The van der Waals surface area contributed by atoms with Gasteiger partial charge in [0.25, 0.3) is 0 Å². The van der Waals surface area contributed by atoms with E-state index in [1.54, 1.807) is 0 Å². The van der Waals surface area contributed by atoms with Crippen molar-refractivity contribution in [2.75, 3.05) is 13.6 Å². The molecule has 102 valence electrons. The molecule has 0 saturated carbocycles. The molecule has 0 amide bonds. The number of nitrogens with zero attached hydrogens (tertiary/aromatic N) is 1. The number of hydrogen-bond donors (Lipinski definition) is 1. The molecule has 0 radical (unpaired) electrons. The van der Waals surface area contributed by atoms with Gasteiger partial charge in [-0.3, -0.25) is 0 Å². The van der Waals surface area contributed by atoms with E-state index in [4.69, 9.17) is 0 Å². The van der Waals surface area contributed by atoms with Crippen LogP contribution in [-0.4, -0.2) is 30.6 Å². The lowest BCUT2D eigenvalue weighted by atomic mass is 9.89. The van der Waals surface area contributed by atoms with Gasteiger partial charge in [0.15, 0.2) is 0 Å². The molecule has 0 aliphatic carbocycles. The van der Waals surface area contributed by atoms with Crippen molar-refractivity contribution in [1.82, 2.24) is 10.2 Å². The predicted molar refractivity (Wildman–Crippen MR) is 80.1 cm³/mol. The number of likely N-dealkylation sites (tertiary alicyclic amines) is 1. The maximum absolute atomic E-state index is 3.89. The van der Waals surface area contributed by atoms with Gasteiger partial charge in [-0.05, 0) is 44.2 Å². The van der Waals surface area contributed by atoms with Crippen molar-refractivity contribution in [2.24, 2.45) is 5.92 Å². The molecule has 0 aromatic carbocycles. The van der Waals surface area contributed by atoms with Gasteiger partial charge in [0.2, 0.25) is 0 Å². The topological polar surface area (TPSA) is 15.3 Å². The first-order valence-electron chi connectivity index (χ1n) is 7.11. The molecule has 1 aromatic heterocycles. The highest BCUT2D eigenvalue weighted by Crippen LogP contribution is 2.27. The molecule has 1 fully saturated rings. The second kappa shape index (κ2) is 6.18. The third-order valence-corrected chi connectivity index (χ3v) is 5.31. The first-order chi connectivity index (χ1) is 8.61. The standard InChI is InChI=1S/C15H26N2S/c1-5-13(15-7-6-8-18-15)16-14-9-12(3)17(4)10-11(14)2/h6-8,11-14,16H,5,9-10H2,1-4H3. The van der Waals surface area contributed by atoms with E-state index in [-0.39, 0.29) is 0 Å². The Morgan fingerprint density at radius 3 is 2.89 bits per heavy atom. The average Bonchev–Trinajstić information content (AvgIpc) is 2.85. The Labute approximate surface area is 115 Å². The second-order valence-electron chi connectivity index (χ2n) is 5.75. The molecular formula is C15H26N2S. The van der Waals surface area contributed by atoms with Gasteiger partial charge < -0.3 is 10.2 Å². The highest BCUT2D eigenvalue weighted by molar-refractivity contribution is 7.10. The van der Waals surface area contributed by atoms with Gasteiger partial charge in [0.1, 0.15) is 0 Å². The molecule has 18 heavy (non-hydrogen) atoms. The van der Waals surface area contributed by atoms with Crippen LogP contribution in [0.4, 0.5) is 0 Å². The fourth-order valence-corrected chi connectivity index (χ4v) is 3.79. The van der Waals surface area contributed by atoms with Crippen LogP contribution >= 0.6 is 11.3 Å². The maximum Gasteiger partial charge on any atom is 0.0414 e. The van der Waals surface area contributed by atoms with Crippen molar-refractivity contribution < 1.29 is 0 Å². The van der Waals surface area contributed by atoms with Crippen LogP contribution in [-0.2, 0) is 0 Å². The minimum atomic E-state index is 0.535. The van der Waals surface area contributed by atoms with Gasteiger partial charge in [0, 0.05) is 29.5 Å². The van der Waals surface area contributed by atoms with Crippen molar-refractivity contribution in [3.63, 3.8) is 0 Å². The van der Waals surface area contributed by atoms with Crippen molar-refractivity contribution >= 4 is 11.3 Å². The highest BCUT2D eigenvalue weighted by Gasteiger charge is 2.30. The van der Waals surface area contributed by atoms with Gasteiger partial charge in [-0.1, -0.05) is 19.9 Å². The molecule has 2 rings (SSSR count). The molecule has 1 aromatic rings. The Hall–Kier alpha value is -0.380. The van der Waals surface area contributed by atoms with Crippen molar-refractivity contribution in [1.29, 1.82) is 0 Å². The normalized spacial score (nSPS) is 31.4. The minimum Gasteiger partial charge on any atom is -0.306 e. The summed E-state index contributed by atoms with van der Waals surface area (Å²) in [6.07, 6.45) is 2.44. The zero-order valence-corrected chi connectivity index (χ0v) is 12.8. The van der Waals surface area contributed by atoms with Crippen LogP contribution in [0.15, 0.2) is 17.5 Å². The van der Waals surface area contributed by atoms with E-state index in [0.717, 1.165) is 5.92 Å². The van der Waals surface area contributed by atoms with Crippen LogP contribution in [0.3, 0.4) is 0 Å². The van der Waals surface area contributed by atoms with Crippen LogP contribution in [0.1, 0.15) is 44.5 Å². The molecule has 0 bridgehead atoms. The number of nitrogens with one attached hydrogen (secondary N) is 1. The highest BCUT2D eigenvalue weighted by atomic mass is 32.1. The van der Waals surface area contributed by atoms with E-state index in [1.165, 1.54) is 24.3 Å². The van der Waals surface area contributed by atoms with E-state index in [2.05, 4.69) is 55.5 Å². The summed E-state index contributed by atoms with van der Waals surface area (Å²) in [5, 5.41) is 6.07. The quantitative estimate of drug-likeness (QED) is 0.897. The molecule has 1 N–H and O–H groups in total. The Morgan fingerprint density at radius 1 is 1.50 bits per heavy atom. The molecule has 2 nitrogen and oxygen atoms in total. The summed E-state index contributed by atoms with van der Waals surface area (Å²) in [5.41, 5.74) is 0. The van der Waals surface area contributed by atoms with Gasteiger partial charge in [-0.15, -0.1) is 11.3 Å². The summed E-state index contributed by atoms with van der Waals surface area (Å²) in [6, 6.07) is 6.30. The van der Waals surface area contributed by atoms with Crippen LogP contribution in [0.2, 0.25) is 0 Å².